The molecule has 2 aromatic carbocycles. The Hall–Kier alpha value is -3.02. The number of amides is 2. The fourth-order valence-electron chi connectivity index (χ4n) is 2.33. The summed E-state index contributed by atoms with van der Waals surface area (Å²) in [6.07, 6.45) is 0. The Balaban J connectivity index is 2.10. The van der Waals surface area contributed by atoms with Crippen LogP contribution in [0, 0.1) is 0 Å². The van der Waals surface area contributed by atoms with Crippen molar-refractivity contribution in [3.05, 3.63) is 59.7 Å². The van der Waals surface area contributed by atoms with Gasteiger partial charge in [-0.15, -0.1) is 0 Å². The van der Waals surface area contributed by atoms with Crippen molar-refractivity contribution in [1.29, 1.82) is 0 Å². The van der Waals surface area contributed by atoms with E-state index in [0.717, 1.165) is 11.3 Å². The van der Waals surface area contributed by atoms with Crippen LogP contribution >= 0.6 is 0 Å². The molecule has 2 N–H and O–H groups in total. The van der Waals surface area contributed by atoms with Crippen LogP contribution in [0.25, 0.3) is 0 Å². The van der Waals surface area contributed by atoms with Crippen molar-refractivity contribution in [2.24, 2.45) is 5.73 Å². The number of benzene rings is 2. The summed E-state index contributed by atoms with van der Waals surface area (Å²) in [5, 5.41) is 0. The number of rotatable bonds is 8. The molecule has 0 heterocycles. The predicted molar refractivity (Wildman–Crippen MR) is 94.5 cm³/mol. The van der Waals surface area contributed by atoms with Gasteiger partial charge in [-0.3, -0.25) is 9.59 Å². The molecule has 2 rings (SSSR count). The number of nitrogens with zero attached hydrogens (tertiary/aromatic N) is 1. The standard InChI is InChI=1S/C19H22N2O4/c1-3-21(12-14-7-9-16(24-2)10-8-14)19(23)15-5-4-6-17(11-15)25-13-18(20)22/h4-11H,3,12-13H2,1-2H3,(H2,20,22). The Morgan fingerprint density at radius 2 is 1.80 bits per heavy atom. The molecule has 0 radical (unpaired) electrons. The Labute approximate surface area is 147 Å². The molecule has 0 unspecified atom stereocenters. The van der Waals surface area contributed by atoms with Gasteiger partial charge in [0.15, 0.2) is 6.61 Å². The first kappa shape index (κ1) is 18.3. The van der Waals surface area contributed by atoms with Crippen LogP contribution in [0.15, 0.2) is 48.5 Å². The SMILES string of the molecule is CCN(Cc1ccc(OC)cc1)C(=O)c1cccc(OCC(N)=O)c1. The van der Waals surface area contributed by atoms with E-state index in [0.29, 0.717) is 24.4 Å². The lowest BCUT2D eigenvalue weighted by atomic mass is 10.1. The van der Waals surface area contributed by atoms with Crippen LogP contribution in [0.5, 0.6) is 11.5 Å². The monoisotopic (exact) mass is 342 g/mol. The fraction of sp³-hybridized carbons (Fsp3) is 0.263. The predicted octanol–water partition coefficient (Wildman–Crippen LogP) is 2.22. The number of carbonyl (C=O) groups excluding carboxylic acids is 2. The molecule has 0 bridgehead atoms. The average molecular weight is 342 g/mol. The van der Waals surface area contributed by atoms with E-state index in [9.17, 15) is 9.59 Å². The minimum absolute atomic E-state index is 0.108. The van der Waals surface area contributed by atoms with Crippen LogP contribution in [0.1, 0.15) is 22.8 Å². The molecule has 0 saturated carbocycles. The molecule has 25 heavy (non-hydrogen) atoms. The molecular weight excluding hydrogens is 320 g/mol. The molecule has 2 amide bonds. The van der Waals surface area contributed by atoms with Gasteiger partial charge in [-0.1, -0.05) is 18.2 Å². The van der Waals surface area contributed by atoms with Crippen molar-refractivity contribution in [3.8, 4) is 11.5 Å². The number of ether oxygens (including phenoxy) is 2. The second-order valence-corrected chi connectivity index (χ2v) is 5.45. The fourth-order valence-corrected chi connectivity index (χ4v) is 2.33. The lowest BCUT2D eigenvalue weighted by molar-refractivity contribution is -0.119. The van der Waals surface area contributed by atoms with Gasteiger partial charge in [-0.25, -0.2) is 0 Å². The molecule has 6 heteroatoms. The first-order chi connectivity index (χ1) is 12.0. The quantitative estimate of drug-likeness (QED) is 0.797. The Bertz CT molecular complexity index is 728. The summed E-state index contributed by atoms with van der Waals surface area (Å²) in [5.74, 6) is 0.539. The second kappa shape index (κ2) is 8.73. The molecular formula is C19H22N2O4. The Kier molecular flexibility index (Phi) is 6.39. The number of nitrogens with two attached hydrogens (primary N) is 1. The van der Waals surface area contributed by atoms with Crippen molar-refractivity contribution in [2.75, 3.05) is 20.3 Å². The van der Waals surface area contributed by atoms with Gasteiger partial charge in [0, 0.05) is 18.7 Å². The first-order valence-electron chi connectivity index (χ1n) is 7.97. The topological polar surface area (TPSA) is 81.9 Å². The van der Waals surface area contributed by atoms with Crippen LogP contribution in [-0.4, -0.2) is 37.0 Å². The first-order valence-corrected chi connectivity index (χ1v) is 7.97. The highest BCUT2D eigenvalue weighted by Gasteiger charge is 2.15. The van der Waals surface area contributed by atoms with Crippen LogP contribution in [0.3, 0.4) is 0 Å². The lowest BCUT2D eigenvalue weighted by Crippen LogP contribution is -2.30. The van der Waals surface area contributed by atoms with Crippen LogP contribution in [0.2, 0.25) is 0 Å². The number of methoxy groups -OCH3 is 1. The van der Waals surface area contributed by atoms with E-state index in [-0.39, 0.29) is 12.5 Å². The van der Waals surface area contributed by atoms with Gasteiger partial charge in [-0.05, 0) is 42.8 Å². The van der Waals surface area contributed by atoms with Gasteiger partial charge in [0.1, 0.15) is 11.5 Å². The Morgan fingerprint density at radius 3 is 2.40 bits per heavy atom. The summed E-state index contributed by atoms with van der Waals surface area (Å²) in [6, 6.07) is 14.3. The number of hydrogen-bond acceptors (Lipinski definition) is 4. The minimum atomic E-state index is -0.563. The van der Waals surface area contributed by atoms with Crippen LogP contribution in [0.4, 0.5) is 0 Å². The summed E-state index contributed by atoms with van der Waals surface area (Å²) in [5.41, 5.74) is 6.58. The van der Waals surface area contributed by atoms with Crippen LogP contribution < -0.4 is 15.2 Å². The van der Waals surface area contributed by atoms with E-state index in [2.05, 4.69) is 0 Å². The maximum absolute atomic E-state index is 12.7. The van der Waals surface area contributed by atoms with E-state index < -0.39 is 5.91 Å². The third kappa shape index (κ3) is 5.24. The van der Waals surface area contributed by atoms with E-state index >= 15 is 0 Å². The molecule has 2 aromatic rings. The van der Waals surface area contributed by atoms with Gasteiger partial charge in [0.25, 0.3) is 11.8 Å². The van der Waals surface area contributed by atoms with Gasteiger partial charge >= 0.3 is 0 Å². The molecule has 0 aliphatic rings. The van der Waals surface area contributed by atoms with E-state index in [1.54, 1.807) is 36.3 Å². The summed E-state index contributed by atoms with van der Waals surface area (Å²) >= 11 is 0. The maximum Gasteiger partial charge on any atom is 0.255 e. The normalized spacial score (nSPS) is 10.2. The molecule has 0 aliphatic heterocycles. The molecule has 0 saturated heterocycles. The van der Waals surface area contributed by atoms with Crippen molar-refractivity contribution in [1.82, 2.24) is 4.90 Å². The summed E-state index contributed by atoms with van der Waals surface area (Å²) in [6.45, 7) is 2.76. The van der Waals surface area contributed by atoms with E-state index in [4.69, 9.17) is 15.2 Å². The van der Waals surface area contributed by atoms with Gasteiger partial charge in [-0.2, -0.15) is 0 Å². The second-order valence-electron chi connectivity index (χ2n) is 5.45. The van der Waals surface area contributed by atoms with E-state index in [1.165, 1.54) is 0 Å². The molecule has 0 aromatic heterocycles. The van der Waals surface area contributed by atoms with Crippen molar-refractivity contribution in [3.63, 3.8) is 0 Å². The number of carbonyl (C=O) groups is 2. The van der Waals surface area contributed by atoms with Crippen molar-refractivity contribution < 1.29 is 19.1 Å². The van der Waals surface area contributed by atoms with Crippen LogP contribution in [-0.2, 0) is 11.3 Å². The zero-order valence-corrected chi connectivity index (χ0v) is 14.4. The minimum Gasteiger partial charge on any atom is -0.497 e. The lowest BCUT2D eigenvalue weighted by Gasteiger charge is -2.21. The molecule has 0 spiro atoms. The van der Waals surface area contributed by atoms with Gasteiger partial charge < -0.3 is 20.1 Å². The maximum atomic E-state index is 12.7. The third-order valence-electron chi connectivity index (χ3n) is 3.66. The highest BCUT2D eigenvalue weighted by Crippen LogP contribution is 2.17. The summed E-state index contributed by atoms with van der Waals surface area (Å²) in [7, 11) is 1.62. The van der Waals surface area contributed by atoms with Gasteiger partial charge in [0.2, 0.25) is 0 Å². The molecule has 0 aliphatic carbocycles. The molecule has 0 atom stereocenters. The average Bonchev–Trinajstić information content (AvgIpc) is 2.64. The Morgan fingerprint density at radius 1 is 1.08 bits per heavy atom. The summed E-state index contributed by atoms with van der Waals surface area (Å²) in [4.78, 5) is 25.3. The smallest absolute Gasteiger partial charge is 0.255 e. The zero-order valence-electron chi connectivity index (χ0n) is 14.4. The zero-order chi connectivity index (χ0) is 18.2. The highest BCUT2D eigenvalue weighted by atomic mass is 16.5. The molecule has 6 nitrogen and oxygen atoms in total. The number of primary amides is 1. The van der Waals surface area contributed by atoms with E-state index in [1.807, 2.05) is 31.2 Å². The molecule has 0 fully saturated rings. The number of hydrogen-bond donors (Lipinski definition) is 1. The van der Waals surface area contributed by atoms with Crippen molar-refractivity contribution in [2.45, 2.75) is 13.5 Å². The van der Waals surface area contributed by atoms with Crippen molar-refractivity contribution >= 4 is 11.8 Å². The largest absolute Gasteiger partial charge is 0.497 e. The molecule has 132 valence electrons. The highest BCUT2D eigenvalue weighted by molar-refractivity contribution is 5.94. The summed E-state index contributed by atoms with van der Waals surface area (Å²) < 4.78 is 10.4. The van der Waals surface area contributed by atoms with Gasteiger partial charge in [0.05, 0.1) is 7.11 Å². The third-order valence-corrected chi connectivity index (χ3v) is 3.66.